The number of aryl methyl sites for hydroxylation is 1. The molecule has 0 spiro atoms. The number of ether oxygens (including phenoxy) is 1. The molecule has 1 aromatic carbocycles. The standard InChI is InChI=1S/C13H15N3O2S/c1-9-3-5-11(6-4-9)18-8-7-12-15-16-13(19-12)14-10(2)17/h3-6H,7-8H2,1-2H3,(H,14,16,17). The Morgan fingerprint density at radius 3 is 2.74 bits per heavy atom. The van der Waals surface area contributed by atoms with Crippen LogP contribution in [0.25, 0.3) is 0 Å². The Bertz CT molecular complexity index is 551. The molecule has 0 atom stereocenters. The van der Waals surface area contributed by atoms with Gasteiger partial charge in [0.1, 0.15) is 10.8 Å². The Labute approximate surface area is 115 Å². The second-order valence-electron chi connectivity index (χ2n) is 4.09. The normalized spacial score (nSPS) is 10.2. The zero-order chi connectivity index (χ0) is 13.7. The molecule has 1 aromatic heterocycles. The van der Waals surface area contributed by atoms with E-state index in [2.05, 4.69) is 15.5 Å². The van der Waals surface area contributed by atoms with E-state index in [1.807, 2.05) is 31.2 Å². The first-order chi connectivity index (χ1) is 9.13. The summed E-state index contributed by atoms with van der Waals surface area (Å²) in [6.07, 6.45) is 0.672. The lowest BCUT2D eigenvalue weighted by Crippen LogP contribution is -2.04. The molecule has 0 saturated carbocycles. The molecule has 0 saturated heterocycles. The molecule has 6 heteroatoms. The van der Waals surface area contributed by atoms with Gasteiger partial charge in [-0.2, -0.15) is 0 Å². The maximum absolute atomic E-state index is 10.9. The molecule has 19 heavy (non-hydrogen) atoms. The summed E-state index contributed by atoms with van der Waals surface area (Å²) in [5.74, 6) is 0.704. The Hall–Kier alpha value is -1.95. The van der Waals surface area contributed by atoms with Crippen LogP contribution < -0.4 is 10.1 Å². The van der Waals surface area contributed by atoms with E-state index >= 15 is 0 Å². The van der Waals surface area contributed by atoms with E-state index in [-0.39, 0.29) is 5.91 Å². The monoisotopic (exact) mass is 277 g/mol. The van der Waals surface area contributed by atoms with Gasteiger partial charge in [-0.05, 0) is 19.1 Å². The summed E-state index contributed by atoms with van der Waals surface area (Å²) >= 11 is 1.36. The zero-order valence-electron chi connectivity index (χ0n) is 10.8. The second-order valence-corrected chi connectivity index (χ2v) is 5.16. The summed E-state index contributed by atoms with van der Waals surface area (Å²) < 4.78 is 5.61. The number of carbonyl (C=O) groups is 1. The van der Waals surface area contributed by atoms with Gasteiger partial charge in [0, 0.05) is 13.3 Å². The van der Waals surface area contributed by atoms with Crippen molar-refractivity contribution in [1.29, 1.82) is 0 Å². The Morgan fingerprint density at radius 2 is 2.05 bits per heavy atom. The van der Waals surface area contributed by atoms with Gasteiger partial charge in [0.25, 0.3) is 0 Å². The zero-order valence-corrected chi connectivity index (χ0v) is 11.7. The van der Waals surface area contributed by atoms with Crippen LogP contribution in [-0.2, 0) is 11.2 Å². The Morgan fingerprint density at radius 1 is 1.32 bits per heavy atom. The number of hydrogen-bond acceptors (Lipinski definition) is 5. The van der Waals surface area contributed by atoms with Crippen LogP contribution in [0.3, 0.4) is 0 Å². The topological polar surface area (TPSA) is 64.1 Å². The van der Waals surface area contributed by atoms with Gasteiger partial charge in [-0.1, -0.05) is 29.0 Å². The number of anilines is 1. The molecule has 5 nitrogen and oxygen atoms in total. The van der Waals surface area contributed by atoms with Crippen molar-refractivity contribution in [3.8, 4) is 5.75 Å². The predicted octanol–water partition coefficient (Wildman–Crippen LogP) is 2.43. The molecule has 0 unspecified atom stereocenters. The molecular formula is C13H15N3O2S. The van der Waals surface area contributed by atoms with Gasteiger partial charge in [-0.15, -0.1) is 10.2 Å². The molecule has 0 bridgehead atoms. The Balaban J connectivity index is 1.80. The van der Waals surface area contributed by atoms with Crippen molar-refractivity contribution in [3.05, 3.63) is 34.8 Å². The van der Waals surface area contributed by atoms with Crippen LogP contribution >= 0.6 is 11.3 Å². The fraction of sp³-hybridized carbons (Fsp3) is 0.308. The smallest absolute Gasteiger partial charge is 0.223 e. The summed E-state index contributed by atoms with van der Waals surface area (Å²) in [5.41, 5.74) is 1.21. The molecule has 1 heterocycles. The van der Waals surface area contributed by atoms with Gasteiger partial charge >= 0.3 is 0 Å². The molecule has 1 N–H and O–H groups in total. The van der Waals surface area contributed by atoms with E-state index in [0.29, 0.717) is 18.2 Å². The SMILES string of the molecule is CC(=O)Nc1nnc(CCOc2ccc(C)cc2)s1. The van der Waals surface area contributed by atoms with Crippen molar-refractivity contribution in [1.82, 2.24) is 10.2 Å². The third-order valence-corrected chi connectivity index (χ3v) is 3.25. The van der Waals surface area contributed by atoms with Crippen LogP contribution in [-0.4, -0.2) is 22.7 Å². The van der Waals surface area contributed by atoms with Crippen molar-refractivity contribution < 1.29 is 9.53 Å². The average Bonchev–Trinajstić information content (AvgIpc) is 2.78. The second kappa shape index (κ2) is 6.29. The largest absolute Gasteiger partial charge is 0.493 e. The van der Waals surface area contributed by atoms with E-state index in [0.717, 1.165) is 10.8 Å². The highest BCUT2D eigenvalue weighted by Gasteiger charge is 2.05. The van der Waals surface area contributed by atoms with Crippen LogP contribution in [0.15, 0.2) is 24.3 Å². The average molecular weight is 277 g/mol. The quantitative estimate of drug-likeness (QED) is 0.911. The van der Waals surface area contributed by atoms with Crippen molar-refractivity contribution in [2.45, 2.75) is 20.3 Å². The lowest BCUT2D eigenvalue weighted by atomic mass is 10.2. The molecule has 100 valence electrons. The van der Waals surface area contributed by atoms with Gasteiger partial charge in [-0.25, -0.2) is 0 Å². The highest BCUT2D eigenvalue weighted by atomic mass is 32.1. The van der Waals surface area contributed by atoms with Gasteiger partial charge in [0.15, 0.2) is 0 Å². The van der Waals surface area contributed by atoms with Gasteiger partial charge in [0.2, 0.25) is 11.0 Å². The van der Waals surface area contributed by atoms with Crippen LogP contribution in [0.2, 0.25) is 0 Å². The molecule has 0 aliphatic carbocycles. The number of amides is 1. The van der Waals surface area contributed by atoms with Crippen molar-refractivity contribution in [2.75, 3.05) is 11.9 Å². The number of benzene rings is 1. The van der Waals surface area contributed by atoms with E-state index in [1.54, 1.807) is 0 Å². The van der Waals surface area contributed by atoms with E-state index in [1.165, 1.54) is 23.8 Å². The fourth-order valence-electron chi connectivity index (χ4n) is 1.45. The van der Waals surface area contributed by atoms with Crippen LogP contribution in [0.4, 0.5) is 5.13 Å². The summed E-state index contributed by atoms with van der Waals surface area (Å²) in [6, 6.07) is 7.90. The van der Waals surface area contributed by atoms with Crippen molar-refractivity contribution >= 4 is 22.4 Å². The van der Waals surface area contributed by atoms with Crippen molar-refractivity contribution in [3.63, 3.8) is 0 Å². The molecule has 0 fully saturated rings. The fourth-order valence-corrected chi connectivity index (χ4v) is 2.21. The highest BCUT2D eigenvalue weighted by molar-refractivity contribution is 7.15. The van der Waals surface area contributed by atoms with Crippen LogP contribution in [0.5, 0.6) is 5.75 Å². The van der Waals surface area contributed by atoms with Crippen LogP contribution in [0.1, 0.15) is 17.5 Å². The summed E-state index contributed by atoms with van der Waals surface area (Å²) in [4.78, 5) is 10.9. The first kappa shape index (κ1) is 13.5. The summed E-state index contributed by atoms with van der Waals surface area (Å²) in [6.45, 7) is 4.02. The predicted molar refractivity (Wildman–Crippen MR) is 74.6 cm³/mol. The number of hydrogen-bond donors (Lipinski definition) is 1. The molecule has 0 radical (unpaired) electrons. The van der Waals surface area contributed by atoms with E-state index in [9.17, 15) is 4.79 Å². The first-order valence-electron chi connectivity index (χ1n) is 5.93. The van der Waals surface area contributed by atoms with Gasteiger partial charge in [0.05, 0.1) is 6.61 Å². The third kappa shape index (κ3) is 4.33. The van der Waals surface area contributed by atoms with Crippen LogP contribution in [0, 0.1) is 6.92 Å². The lowest BCUT2D eigenvalue weighted by Gasteiger charge is -2.04. The maximum Gasteiger partial charge on any atom is 0.223 e. The number of nitrogens with zero attached hydrogens (tertiary/aromatic N) is 2. The molecule has 2 rings (SSSR count). The number of rotatable bonds is 5. The number of carbonyl (C=O) groups excluding carboxylic acids is 1. The van der Waals surface area contributed by atoms with E-state index in [4.69, 9.17) is 4.74 Å². The van der Waals surface area contributed by atoms with Crippen molar-refractivity contribution in [2.24, 2.45) is 0 Å². The Kier molecular flexibility index (Phi) is 4.46. The summed E-state index contributed by atoms with van der Waals surface area (Å²) in [7, 11) is 0. The summed E-state index contributed by atoms with van der Waals surface area (Å²) in [5, 5.41) is 11.8. The molecule has 2 aromatic rings. The van der Waals surface area contributed by atoms with E-state index < -0.39 is 0 Å². The minimum atomic E-state index is -0.140. The minimum absolute atomic E-state index is 0.140. The third-order valence-electron chi connectivity index (χ3n) is 2.36. The molecular weight excluding hydrogens is 262 g/mol. The maximum atomic E-state index is 10.9. The number of aromatic nitrogens is 2. The minimum Gasteiger partial charge on any atom is -0.493 e. The first-order valence-corrected chi connectivity index (χ1v) is 6.74. The van der Waals surface area contributed by atoms with Gasteiger partial charge < -0.3 is 10.1 Å². The molecule has 0 aliphatic rings. The molecule has 1 amide bonds. The highest BCUT2D eigenvalue weighted by Crippen LogP contribution is 2.16. The molecule has 0 aliphatic heterocycles. The lowest BCUT2D eigenvalue weighted by molar-refractivity contribution is -0.114. The number of nitrogens with one attached hydrogen (secondary N) is 1. The van der Waals surface area contributed by atoms with Gasteiger partial charge in [-0.3, -0.25) is 4.79 Å².